The maximum atomic E-state index is 13.9. The number of likely N-dealkylation sites (tertiary alicyclic amines) is 1. The molecule has 122 valence electrons. The number of amides is 1. The largest absolute Gasteiger partial charge is 0.438 e. The summed E-state index contributed by atoms with van der Waals surface area (Å²) in [6, 6.07) is 6.73. The normalized spacial score (nSPS) is 21.4. The number of piperidine rings is 1. The number of carbonyl (C=O) groups excluding carboxylic acids is 1. The molecule has 1 aromatic heterocycles. The number of oxazole rings is 1. The van der Waals surface area contributed by atoms with E-state index in [4.69, 9.17) is 9.15 Å². The lowest BCUT2D eigenvalue weighted by Crippen LogP contribution is -2.47. The maximum Gasteiger partial charge on any atom is 0.291 e. The average molecular weight is 318 g/mol. The van der Waals surface area contributed by atoms with Crippen LogP contribution in [0.3, 0.4) is 0 Å². The predicted molar refractivity (Wildman–Crippen MR) is 81.4 cm³/mol. The van der Waals surface area contributed by atoms with E-state index in [2.05, 4.69) is 4.98 Å². The van der Waals surface area contributed by atoms with Gasteiger partial charge < -0.3 is 14.1 Å². The van der Waals surface area contributed by atoms with Crippen LogP contribution in [0.4, 0.5) is 4.39 Å². The molecule has 0 spiro atoms. The third kappa shape index (κ3) is 3.42. The fourth-order valence-electron chi connectivity index (χ4n) is 3.13. The van der Waals surface area contributed by atoms with Crippen molar-refractivity contribution in [2.75, 3.05) is 20.2 Å². The number of carbonyl (C=O) groups is 1. The van der Waals surface area contributed by atoms with Crippen molar-refractivity contribution in [2.24, 2.45) is 5.92 Å². The molecule has 1 saturated heterocycles. The second kappa shape index (κ2) is 6.91. The molecule has 1 fully saturated rings. The third-order valence-electron chi connectivity index (χ3n) is 4.34. The Balaban J connectivity index is 1.74. The van der Waals surface area contributed by atoms with Crippen LogP contribution in [0.5, 0.6) is 0 Å². The minimum Gasteiger partial charge on any atom is -0.438 e. The van der Waals surface area contributed by atoms with Crippen molar-refractivity contribution in [2.45, 2.75) is 18.9 Å². The van der Waals surface area contributed by atoms with Crippen LogP contribution in [-0.2, 0) is 11.2 Å². The number of rotatable bonds is 4. The summed E-state index contributed by atoms with van der Waals surface area (Å²) in [7, 11) is 1.66. The summed E-state index contributed by atoms with van der Waals surface area (Å²) in [6.45, 7) is 1.10. The van der Waals surface area contributed by atoms with E-state index in [9.17, 15) is 9.18 Å². The molecule has 1 aromatic carbocycles. The Morgan fingerprint density at radius 2 is 2.30 bits per heavy atom. The van der Waals surface area contributed by atoms with Crippen molar-refractivity contribution < 1.29 is 18.3 Å². The molecule has 0 saturated carbocycles. The lowest BCUT2D eigenvalue weighted by atomic mass is 9.88. The van der Waals surface area contributed by atoms with Gasteiger partial charge in [-0.05, 0) is 24.5 Å². The van der Waals surface area contributed by atoms with Crippen molar-refractivity contribution >= 4 is 5.91 Å². The number of hydrogen-bond donors (Lipinski definition) is 0. The molecule has 1 aliphatic rings. The van der Waals surface area contributed by atoms with E-state index in [1.165, 1.54) is 18.7 Å². The molecule has 0 unspecified atom stereocenters. The van der Waals surface area contributed by atoms with Gasteiger partial charge in [0, 0.05) is 26.1 Å². The van der Waals surface area contributed by atoms with E-state index >= 15 is 0 Å². The molecule has 0 radical (unpaired) electrons. The van der Waals surface area contributed by atoms with Crippen LogP contribution >= 0.6 is 0 Å². The van der Waals surface area contributed by atoms with Gasteiger partial charge in [0.25, 0.3) is 5.91 Å². The van der Waals surface area contributed by atoms with Gasteiger partial charge in [-0.15, -0.1) is 0 Å². The first kappa shape index (κ1) is 15.7. The molecule has 2 atom stereocenters. The van der Waals surface area contributed by atoms with Crippen molar-refractivity contribution in [3.8, 4) is 0 Å². The second-order valence-electron chi connectivity index (χ2n) is 5.74. The fraction of sp³-hybridized carbons (Fsp3) is 0.412. The molecular weight excluding hydrogens is 299 g/mol. The van der Waals surface area contributed by atoms with E-state index in [-0.39, 0.29) is 29.5 Å². The minimum atomic E-state index is -0.221. The number of methoxy groups -OCH3 is 1. The van der Waals surface area contributed by atoms with E-state index in [0.29, 0.717) is 25.1 Å². The van der Waals surface area contributed by atoms with E-state index in [1.807, 2.05) is 6.07 Å². The molecule has 0 aliphatic carbocycles. The number of benzene rings is 1. The molecule has 1 aliphatic heterocycles. The Kier molecular flexibility index (Phi) is 4.71. The number of hydrogen-bond acceptors (Lipinski definition) is 4. The minimum absolute atomic E-state index is 0.00776. The highest BCUT2D eigenvalue weighted by molar-refractivity contribution is 5.91. The summed E-state index contributed by atoms with van der Waals surface area (Å²) in [4.78, 5) is 17.9. The number of ether oxygens (including phenoxy) is 1. The van der Waals surface area contributed by atoms with Gasteiger partial charge in [-0.25, -0.2) is 9.37 Å². The van der Waals surface area contributed by atoms with Gasteiger partial charge in [-0.3, -0.25) is 4.79 Å². The highest BCUT2D eigenvalue weighted by Gasteiger charge is 2.33. The Labute approximate surface area is 134 Å². The van der Waals surface area contributed by atoms with Crippen molar-refractivity contribution in [1.29, 1.82) is 0 Å². The first-order valence-electron chi connectivity index (χ1n) is 7.63. The Bertz CT molecular complexity index is 660. The van der Waals surface area contributed by atoms with Crippen molar-refractivity contribution in [3.05, 3.63) is 54.0 Å². The molecule has 0 N–H and O–H groups in total. The average Bonchev–Trinajstić information content (AvgIpc) is 3.11. The van der Waals surface area contributed by atoms with Gasteiger partial charge >= 0.3 is 0 Å². The zero-order valence-electron chi connectivity index (χ0n) is 12.9. The van der Waals surface area contributed by atoms with Crippen LogP contribution in [0.2, 0.25) is 0 Å². The quantitative estimate of drug-likeness (QED) is 0.869. The maximum absolute atomic E-state index is 13.9. The monoisotopic (exact) mass is 318 g/mol. The van der Waals surface area contributed by atoms with Crippen molar-refractivity contribution in [3.63, 3.8) is 0 Å². The second-order valence-corrected chi connectivity index (χ2v) is 5.74. The highest BCUT2D eigenvalue weighted by Crippen LogP contribution is 2.25. The molecule has 0 bridgehead atoms. The zero-order chi connectivity index (χ0) is 16.2. The van der Waals surface area contributed by atoms with E-state index < -0.39 is 0 Å². The Morgan fingerprint density at radius 3 is 3.00 bits per heavy atom. The first-order valence-corrected chi connectivity index (χ1v) is 7.63. The van der Waals surface area contributed by atoms with Gasteiger partial charge in [-0.2, -0.15) is 0 Å². The molecule has 23 heavy (non-hydrogen) atoms. The predicted octanol–water partition coefficient (Wildman–Crippen LogP) is 2.53. The molecule has 3 rings (SSSR count). The first-order chi connectivity index (χ1) is 11.2. The summed E-state index contributed by atoms with van der Waals surface area (Å²) in [5, 5.41) is 0. The van der Waals surface area contributed by atoms with E-state index in [0.717, 1.165) is 6.42 Å². The van der Waals surface area contributed by atoms with Crippen LogP contribution in [-0.4, -0.2) is 42.1 Å². The van der Waals surface area contributed by atoms with Gasteiger partial charge in [0.15, 0.2) is 6.39 Å². The highest BCUT2D eigenvalue weighted by atomic mass is 19.1. The zero-order valence-corrected chi connectivity index (χ0v) is 12.9. The van der Waals surface area contributed by atoms with Gasteiger partial charge in [0.05, 0.1) is 12.3 Å². The number of nitrogens with zero attached hydrogens (tertiary/aromatic N) is 2. The lowest BCUT2D eigenvalue weighted by molar-refractivity contribution is -0.00410. The molecule has 5 nitrogen and oxygen atoms in total. The number of halogens is 1. The summed E-state index contributed by atoms with van der Waals surface area (Å²) < 4.78 is 24.5. The third-order valence-corrected chi connectivity index (χ3v) is 4.34. The SMILES string of the molecule is CO[C@H]1CCN(C(=O)c2cnco2)C[C@H]1Cc1ccccc1F. The smallest absolute Gasteiger partial charge is 0.291 e. The summed E-state index contributed by atoms with van der Waals surface area (Å²) >= 11 is 0. The van der Waals surface area contributed by atoms with Crippen molar-refractivity contribution in [1.82, 2.24) is 9.88 Å². The lowest BCUT2D eigenvalue weighted by Gasteiger charge is -2.37. The summed E-state index contributed by atoms with van der Waals surface area (Å²) in [5.41, 5.74) is 0.647. The fourth-order valence-corrected chi connectivity index (χ4v) is 3.13. The van der Waals surface area contributed by atoms with Gasteiger partial charge in [-0.1, -0.05) is 18.2 Å². The molecule has 1 amide bonds. The van der Waals surface area contributed by atoms with Crippen LogP contribution < -0.4 is 0 Å². The van der Waals surface area contributed by atoms with Gasteiger partial charge in [0.2, 0.25) is 5.76 Å². The Morgan fingerprint density at radius 1 is 1.48 bits per heavy atom. The van der Waals surface area contributed by atoms with E-state index in [1.54, 1.807) is 24.1 Å². The topological polar surface area (TPSA) is 55.6 Å². The molecular formula is C17H19FN2O3. The summed E-state index contributed by atoms with van der Waals surface area (Å²) in [6.07, 6.45) is 3.91. The molecule has 2 aromatic rings. The van der Waals surface area contributed by atoms with Crippen LogP contribution in [0.15, 0.2) is 41.3 Å². The Hall–Kier alpha value is -2.21. The summed E-state index contributed by atoms with van der Waals surface area (Å²) in [5.74, 6) is -0.139. The standard InChI is InChI=1S/C17H19FN2O3/c1-22-15-6-7-20(17(21)16-9-19-11-23-16)10-13(15)8-12-4-2-3-5-14(12)18/h2-5,9,11,13,15H,6-8,10H2,1H3/t13-,15+/m1/s1. The number of aromatic nitrogens is 1. The van der Waals surface area contributed by atoms with Crippen LogP contribution in [0.25, 0.3) is 0 Å². The molecule has 6 heteroatoms. The van der Waals surface area contributed by atoms with Gasteiger partial charge in [0.1, 0.15) is 5.82 Å². The van der Waals surface area contributed by atoms with Crippen LogP contribution in [0, 0.1) is 11.7 Å². The van der Waals surface area contributed by atoms with Crippen LogP contribution in [0.1, 0.15) is 22.5 Å². The molecule has 2 heterocycles.